The van der Waals surface area contributed by atoms with Gasteiger partial charge in [0.25, 0.3) is 0 Å². The van der Waals surface area contributed by atoms with Crippen LogP contribution in [0.25, 0.3) is 10.1 Å². The van der Waals surface area contributed by atoms with Crippen LogP contribution in [0.15, 0.2) is 30.3 Å². The number of alkyl halides is 3. The van der Waals surface area contributed by atoms with Crippen LogP contribution in [0.3, 0.4) is 0 Å². The Labute approximate surface area is 100 Å². The normalized spacial score (nSPS) is 18.4. The predicted molar refractivity (Wildman–Crippen MR) is 64.3 cm³/mol. The van der Waals surface area contributed by atoms with Gasteiger partial charge >= 0.3 is 5.51 Å². The Bertz CT molecular complexity index is 549. The summed E-state index contributed by atoms with van der Waals surface area (Å²) >= 11 is 0. The zero-order valence-electron chi connectivity index (χ0n) is 9.13. The second-order valence-electron chi connectivity index (χ2n) is 4.46. The fourth-order valence-corrected chi connectivity index (χ4v) is 4.52. The van der Waals surface area contributed by atoms with Crippen molar-refractivity contribution in [1.82, 2.24) is 0 Å². The molecule has 3 rings (SSSR count). The highest BCUT2D eigenvalue weighted by Gasteiger charge is 2.49. The Morgan fingerprint density at radius 2 is 1.82 bits per heavy atom. The molecule has 0 nitrogen and oxygen atoms in total. The Morgan fingerprint density at radius 3 is 2.41 bits per heavy atom. The average Bonchev–Trinajstić information content (AvgIpc) is 2.52. The van der Waals surface area contributed by atoms with E-state index in [1.807, 2.05) is 0 Å². The van der Waals surface area contributed by atoms with Crippen molar-refractivity contribution in [2.75, 3.05) is 0 Å². The molecule has 2 aromatic rings. The first-order valence-electron chi connectivity index (χ1n) is 5.69. The van der Waals surface area contributed by atoms with E-state index in [2.05, 4.69) is 0 Å². The number of benzene rings is 1. The smallest absolute Gasteiger partial charge is 0.118 e. The summed E-state index contributed by atoms with van der Waals surface area (Å²) in [7, 11) is -1.67. The number of hydrogen-bond acceptors (Lipinski definition) is 0. The monoisotopic (exact) mass is 257 g/mol. The highest BCUT2D eigenvalue weighted by Crippen LogP contribution is 2.55. The van der Waals surface area contributed by atoms with Gasteiger partial charge < -0.3 is 0 Å². The molecule has 0 spiro atoms. The van der Waals surface area contributed by atoms with Crippen molar-refractivity contribution in [3.05, 3.63) is 35.2 Å². The van der Waals surface area contributed by atoms with Gasteiger partial charge in [0, 0.05) is 17.4 Å². The van der Waals surface area contributed by atoms with E-state index in [1.165, 1.54) is 0 Å². The molecular weight excluding hydrogens is 245 g/mol. The second-order valence-corrected chi connectivity index (χ2v) is 6.45. The molecule has 17 heavy (non-hydrogen) atoms. The number of rotatable bonds is 1. The van der Waals surface area contributed by atoms with Crippen LogP contribution in [0.5, 0.6) is 0 Å². The van der Waals surface area contributed by atoms with Crippen molar-refractivity contribution in [2.45, 2.75) is 30.7 Å². The van der Waals surface area contributed by atoms with Crippen LogP contribution in [0, 0.1) is 0 Å². The SMILES string of the molecule is FC(F)(F)[s+]1c(C2CCC2)cc2ccccc21. The molecule has 1 saturated carbocycles. The van der Waals surface area contributed by atoms with E-state index in [0.717, 1.165) is 24.6 Å². The van der Waals surface area contributed by atoms with Crippen molar-refractivity contribution in [3.8, 4) is 0 Å². The average molecular weight is 257 g/mol. The number of thiophene rings is 1. The van der Waals surface area contributed by atoms with Gasteiger partial charge in [0.2, 0.25) is 0 Å². The molecule has 0 N–H and O–H groups in total. The molecule has 1 unspecified atom stereocenters. The largest absolute Gasteiger partial charge is 0.600 e. The lowest BCUT2D eigenvalue weighted by molar-refractivity contribution is -0.0868. The summed E-state index contributed by atoms with van der Waals surface area (Å²) in [5, 5.41) is 0.759. The maximum Gasteiger partial charge on any atom is 0.600 e. The minimum Gasteiger partial charge on any atom is -0.118 e. The first-order chi connectivity index (χ1) is 8.07. The lowest BCUT2D eigenvalue weighted by atomic mass is 9.84. The van der Waals surface area contributed by atoms with E-state index >= 15 is 0 Å². The maximum atomic E-state index is 13.2. The quantitative estimate of drug-likeness (QED) is 0.605. The summed E-state index contributed by atoms with van der Waals surface area (Å²) in [6.07, 6.45) is 2.90. The minimum absolute atomic E-state index is 0.160. The minimum atomic E-state index is -4.13. The first-order valence-corrected chi connectivity index (χ1v) is 6.91. The van der Waals surface area contributed by atoms with Crippen LogP contribution in [0.4, 0.5) is 13.2 Å². The van der Waals surface area contributed by atoms with Gasteiger partial charge in [0.05, 0.1) is 10.5 Å². The molecule has 0 aliphatic heterocycles. The number of fused-ring (bicyclic) bond motifs is 1. The van der Waals surface area contributed by atoms with Crippen molar-refractivity contribution >= 4 is 20.6 Å². The molecule has 1 atom stereocenters. The van der Waals surface area contributed by atoms with Gasteiger partial charge in [0.1, 0.15) is 0 Å². The van der Waals surface area contributed by atoms with Crippen molar-refractivity contribution in [3.63, 3.8) is 0 Å². The Hall–Kier alpha value is -1.03. The van der Waals surface area contributed by atoms with E-state index in [4.69, 9.17) is 0 Å². The van der Waals surface area contributed by atoms with Crippen LogP contribution < -0.4 is 0 Å². The molecule has 4 heteroatoms. The fourth-order valence-electron chi connectivity index (χ4n) is 2.36. The van der Waals surface area contributed by atoms with Crippen LogP contribution in [0.1, 0.15) is 30.1 Å². The highest BCUT2D eigenvalue weighted by molar-refractivity contribution is 7.38. The van der Waals surface area contributed by atoms with E-state index < -0.39 is 16.0 Å². The van der Waals surface area contributed by atoms with Gasteiger partial charge in [-0.3, -0.25) is 0 Å². The summed E-state index contributed by atoms with van der Waals surface area (Å²) in [6.45, 7) is 0. The lowest BCUT2D eigenvalue weighted by Crippen LogP contribution is -2.10. The molecule has 0 saturated heterocycles. The summed E-state index contributed by atoms with van der Waals surface area (Å²) in [6, 6.07) is 8.68. The molecule has 0 amide bonds. The Balaban J connectivity index is 2.25. The Morgan fingerprint density at radius 1 is 1.12 bits per heavy atom. The molecule has 90 valence electrons. The van der Waals surface area contributed by atoms with Crippen molar-refractivity contribution in [1.29, 1.82) is 0 Å². The van der Waals surface area contributed by atoms with E-state index in [1.54, 1.807) is 30.3 Å². The molecule has 0 radical (unpaired) electrons. The number of halogens is 3. The second kappa shape index (κ2) is 3.73. The fraction of sp³-hybridized carbons (Fsp3) is 0.385. The third kappa shape index (κ3) is 1.75. The summed E-state index contributed by atoms with van der Waals surface area (Å²) < 4.78 is 40.0. The zero-order chi connectivity index (χ0) is 12.0. The third-order valence-corrected chi connectivity index (χ3v) is 5.61. The Kier molecular flexibility index (Phi) is 2.43. The van der Waals surface area contributed by atoms with Gasteiger partial charge in [-0.2, -0.15) is 0 Å². The van der Waals surface area contributed by atoms with Crippen LogP contribution in [-0.4, -0.2) is 0 Å². The molecular formula is C13H12F3S+. The predicted octanol–water partition coefficient (Wildman–Crippen LogP) is 5.33. The van der Waals surface area contributed by atoms with Gasteiger partial charge in [-0.1, -0.05) is 18.6 Å². The maximum absolute atomic E-state index is 13.2. The standard InChI is InChI=1S/C13H12F3S/c14-13(15,16)17-11-7-2-1-4-10(11)8-12(17)9-5-3-6-9/h1-2,4,7-9H,3,5-6H2/q+1. The molecule has 1 fully saturated rings. The molecule has 1 heterocycles. The van der Waals surface area contributed by atoms with Crippen molar-refractivity contribution in [2.24, 2.45) is 0 Å². The van der Waals surface area contributed by atoms with Gasteiger partial charge in [-0.15, -0.1) is 13.2 Å². The lowest BCUT2D eigenvalue weighted by Gasteiger charge is -2.21. The van der Waals surface area contributed by atoms with E-state index in [9.17, 15) is 13.2 Å². The summed E-state index contributed by atoms with van der Waals surface area (Å²) in [5.74, 6) is 0.160. The van der Waals surface area contributed by atoms with Gasteiger partial charge in [-0.05, 0) is 25.0 Å². The van der Waals surface area contributed by atoms with Gasteiger partial charge in [-0.25, -0.2) is 0 Å². The van der Waals surface area contributed by atoms with Crippen molar-refractivity contribution < 1.29 is 13.2 Å². The first kappa shape index (κ1) is 11.1. The summed E-state index contributed by atoms with van der Waals surface area (Å²) in [4.78, 5) is 0.616. The molecule has 1 aromatic heterocycles. The molecule has 0 bridgehead atoms. The molecule has 1 aromatic carbocycles. The molecule has 1 aliphatic carbocycles. The third-order valence-electron chi connectivity index (χ3n) is 3.41. The van der Waals surface area contributed by atoms with Crippen LogP contribution in [-0.2, 0) is 5.51 Å². The number of hydrogen-bond donors (Lipinski definition) is 0. The topological polar surface area (TPSA) is 0 Å². The molecule has 1 aliphatic rings. The van der Waals surface area contributed by atoms with Gasteiger partial charge in [0.15, 0.2) is 9.58 Å². The van der Waals surface area contributed by atoms with Crippen LogP contribution >= 0.6 is 10.5 Å². The van der Waals surface area contributed by atoms with E-state index in [0.29, 0.717) is 9.58 Å². The highest BCUT2D eigenvalue weighted by atomic mass is 32.2. The zero-order valence-corrected chi connectivity index (χ0v) is 9.94. The van der Waals surface area contributed by atoms with Crippen LogP contribution in [0.2, 0.25) is 0 Å². The van der Waals surface area contributed by atoms with E-state index in [-0.39, 0.29) is 5.92 Å². The summed E-state index contributed by atoms with van der Waals surface area (Å²) in [5.41, 5.74) is -4.13.